The molecular formula is C22H25N3O7. The van der Waals surface area contributed by atoms with Gasteiger partial charge in [0.05, 0.1) is 13.2 Å². The predicted octanol–water partition coefficient (Wildman–Crippen LogP) is 1.70. The minimum absolute atomic E-state index is 0.0298. The normalized spacial score (nSPS) is 17.0. The Balaban J connectivity index is 1.58. The molecule has 1 fully saturated rings. The van der Waals surface area contributed by atoms with Gasteiger partial charge < -0.3 is 23.8 Å². The monoisotopic (exact) mass is 443 g/mol. The van der Waals surface area contributed by atoms with Crippen LogP contribution in [0, 0.1) is 0 Å². The molecule has 0 radical (unpaired) electrons. The van der Waals surface area contributed by atoms with Gasteiger partial charge in [-0.3, -0.25) is 19.3 Å². The lowest BCUT2D eigenvalue weighted by atomic mass is 10.2. The van der Waals surface area contributed by atoms with Crippen LogP contribution in [0.2, 0.25) is 0 Å². The van der Waals surface area contributed by atoms with E-state index in [1.54, 1.807) is 15.8 Å². The number of benzene rings is 1. The van der Waals surface area contributed by atoms with Gasteiger partial charge in [0.1, 0.15) is 12.8 Å². The van der Waals surface area contributed by atoms with Crippen molar-refractivity contribution in [1.29, 1.82) is 0 Å². The van der Waals surface area contributed by atoms with E-state index in [9.17, 15) is 14.4 Å². The van der Waals surface area contributed by atoms with E-state index >= 15 is 0 Å². The van der Waals surface area contributed by atoms with E-state index in [4.69, 9.17) is 18.9 Å². The lowest BCUT2D eigenvalue weighted by Gasteiger charge is -2.43. The zero-order valence-electron chi connectivity index (χ0n) is 17.8. The van der Waals surface area contributed by atoms with Gasteiger partial charge in [0.25, 0.3) is 5.91 Å². The number of ether oxygens (including phenoxy) is 4. The van der Waals surface area contributed by atoms with Crippen LogP contribution in [0.15, 0.2) is 47.4 Å². The van der Waals surface area contributed by atoms with E-state index in [2.05, 4.69) is 0 Å². The standard InChI is InChI=1S/C22H25N3O7/c1-29-12-13-30-22(28)32-15-31-20-17(26)9-11-24-19(20)21(27)23-10-5-8-18(23)25(24)14-16-6-3-2-4-7-16/h2-4,6-7,9,11,18H,5,8,10,12-15H2,1H3. The number of nitrogens with zero attached hydrogens (tertiary/aromatic N) is 3. The Kier molecular flexibility index (Phi) is 6.60. The lowest BCUT2D eigenvalue weighted by Crippen LogP contribution is -2.58. The van der Waals surface area contributed by atoms with Gasteiger partial charge in [0.2, 0.25) is 18.0 Å². The third-order valence-corrected chi connectivity index (χ3v) is 5.42. The minimum atomic E-state index is -0.955. The molecule has 2 aliphatic heterocycles. The summed E-state index contributed by atoms with van der Waals surface area (Å²) in [6.07, 6.45) is 2.21. The number of fused-ring (bicyclic) bond motifs is 2. The van der Waals surface area contributed by atoms with Gasteiger partial charge in [-0.05, 0) is 18.4 Å². The Morgan fingerprint density at radius 3 is 2.69 bits per heavy atom. The Morgan fingerprint density at radius 1 is 1.09 bits per heavy atom. The summed E-state index contributed by atoms with van der Waals surface area (Å²) in [6.45, 7) is 0.842. The molecule has 170 valence electrons. The van der Waals surface area contributed by atoms with Crippen molar-refractivity contribution < 1.29 is 28.5 Å². The van der Waals surface area contributed by atoms with Crippen LogP contribution in [0.4, 0.5) is 4.79 Å². The molecule has 10 heteroatoms. The molecular weight excluding hydrogens is 418 g/mol. The molecule has 32 heavy (non-hydrogen) atoms. The van der Waals surface area contributed by atoms with E-state index < -0.39 is 18.4 Å². The van der Waals surface area contributed by atoms with Crippen molar-refractivity contribution in [3.05, 3.63) is 64.1 Å². The zero-order valence-corrected chi connectivity index (χ0v) is 17.8. The third-order valence-electron chi connectivity index (χ3n) is 5.42. The first-order valence-corrected chi connectivity index (χ1v) is 10.4. The number of rotatable bonds is 8. The van der Waals surface area contributed by atoms with E-state index in [0.29, 0.717) is 13.1 Å². The molecule has 10 nitrogen and oxygen atoms in total. The van der Waals surface area contributed by atoms with Gasteiger partial charge in [-0.25, -0.2) is 4.79 Å². The van der Waals surface area contributed by atoms with Crippen molar-refractivity contribution in [2.45, 2.75) is 25.6 Å². The summed E-state index contributed by atoms with van der Waals surface area (Å²) in [7, 11) is 1.48. The Labute approximate surface area is 184 Å². The Bertz CT molecular complexity index is 1020. The van der Waals surface area contributed by atoms with E-state index in [0.717, 1.165) is 18.4 Å². The van der Waals surface area contributed by atoms with Crippen LogP contribution in [0.5, 0.6) is 5.75 Å². The number of aromatic nitrogens is 1. The first kappa shape index (κ1) is 21.7. The maximum absolute atomic E-state index is 13.3. The molecule has 3 heterocycles. The van der Waals surface area contributed by atoms with Gasteiger partial charge in [-0.2, -0.15) is 0 Å². The van der Waals surface area contributed by atoms with Crippen LogP contribution in [-0.2, 0) is 20.8 Å². The summed E-state index contributed by atoms with van der Waals surface area (Å²) >= 11 is 0. The molecule has 1 amide bonds. The van der Waals surface area contributed by atoms with Crippen LogP contribution in [0.3, 0.4) is 0 Å². The molecule has 0 aliphatic carbocycles. The fourth-order valence-electron chi connectivity index (χ4n) is 3.97. The second kappa shape index (κ2) is 9.73. The summed E-state index contributed by atoms with van der Waals surface area (Å²) in [5.41, 5.74) is 0.712. The van der Waals surface area contributed by atoms with E-state index in [1.165, 1.54) is 13.2 Å². The van der Waals surface area contributed by atoms with Crippen LogP contribution < -0.4 is 15.2 Å². The van der Waals surface area contributed by atoms with Crippen molar-refractivity contribution in [1.82, 2.24) is 9.58 Å². The van der Waals surface area contributed by atoms with Crippen molar-refractivity contribution in [3.63, 3.8) is 0 Å². The van der Waals surface area contributed by atoms with Crippen molar-refractivity contribution in [2.75, 3.05) is 38.7 Å². The number of pyridine rings is 1. The van der Waals surface area contributed by atoms with Gasteiger partial charge in [0.15, 0.2) is 5.69 Å². The molecule has 0 bridgehead atoms. The average Bonchev–Trinajstić information content (AvgIpc) is 3.29. The van der Waals surface area contributed by atoms with Crippen LogP contribution in [0.1, 0.15) is 28.9 Å². The van der Waals surface area contributed by atoms with Crippen LogP contribution in [-0.4, -0.2) is 61.5 Å². The smallest absolute Gasteiger partial charge is 0.451 e. The highest BCUT2D eigenvalue weighted by Crippen LogP contribution is 2.31. The maximum atomic E-state index is 13.3. The van der Waals surface area contributed by atoms with Gasteiger partial charge in [-0.15, -0.1) is 0 Å². The zero-order chi connectivity index (χ0) is 22.5. The number of carbonyl (C=O) groups is 2. The molecule has 1 aromatic heterocycles. The van der Waals surface area contributed by atoms with E-state index in [-0.39, 0.29) is 36.7 Å². The number of hydrogen-bond donors (Lipinski definition) is 0. The summed E-state index contributed by atoms with van der Waals surface area (Å²) in [6, 6.07) is 11.2. The number of carbonyl (C=O) groups excluding carboxylic acids is 2. The predicted molar refractivity (Wildman–Crippen MR) is 113 cm³/mol. The van der Waals surface area contributed by atoms with Crippen molar-refractivity contribution in [2.24, 2.45) is 0 Å². The molecule has 0 N–H and O–H groups in total. The molecule has 1 saturated heterocycles. The van der Waals surface area contributed by atoms with Crippen LogP contribution >= 0.6 is 0 Å². The van der Waals surface area contributed by atoms with E-state index in [1.807, 2.05) is 35.3 Å². The summed E-state index contributed by atoms with van der Waals surface area (Å²) in [5.74, 6) is -0.446. The van der Waals surface area contributed by atoms with Gasteiger partial charge >= 0.3 is 6.16 Å². The summed E-state index contributed by atoms with van der Waals surface area (Å²) in [5, 5.41) is 2.05. The second-order valence-electron chi connectivity index (χ2n) is 7.40. The van der Waals surface area contributed by atoms with Crippen molar-refractivity contribution in [3.8, 4) is 5.75 Å². The maximum Gasteiger partial charge on any atom is 0.511 e. The lowest BCUT2D eigenvalue weighted by molar-refractivity contribution is -0.00513. The Hall–Kier alpha value is -3.53. The summed E-state index contributed by atoms with van der Waals surface area (Å²) < 4.78 is 21.6. The highest BCUT2D eigenvalue weighted by atomic mass is 16.8. The molecule has 2 aromatic rings. The molecule has 1 unspecified atom stereocenters. The van der Waals surface area contributed by atoms with Crippen LogP contribution in [0.25, 0.3) is 0 Å². The number of hydrogen-bond acceptors (Lipinski definition) is 8. The minimum Gasteiger partial charge on any atom is -0.451 e. The topological polar surface area (TPSA) is 99.5 Å². The quantitative estimate of drug-likeness (QED) is 0.345. The fourth-order valence-corrected chi connectivity index (χ4v) is 3.97. The highest BCUT2D eigenvalue weighted by Gasteiger charge is 2.42. The first-order chi connectivity index (χ1) is 15.6. The molecule has 2 aliphatic rings. The average molecular weight is 443 g/mol. The van der Waals surface area contributed by atoms with Gasteiger partial charge in [0, 0.05) is 25.9 Å². The Morgan fingerprint density at radius 2 is 1.91 bits per heavy atom. The number of amides is 1. The highest BCUT2D eigenvalue weighted by molar-refractivity contribution is 5.96. The first-order valence-electron chi connectivity index (χ1n) is 10.4. The second-order valence-corrected chi connectivity index (χ2v) is 7.40. The fraction of sp³-hybridized carbons (Fsp3) is 0.409. The largest absolute Gasteiger partial charge is 0.511 e. The molecule has 0 saturated carbocycles. The molecule has 1 aromatic carbocycles. The van der Waals surface area contributed by atoms with Gasteiger partial charge in [-0.1, -0.05) is 30.3 Å². The van der Waals surface area contributed by atoms with Crippen molar-refractivity contribution >= 4 is 12.1 Å². The molecule has 1 atom stereocenters. The molecule has 4 rings (SSSR count). The summed E-state index contributed by atoms with van der Waals surface area (Å²) in [4.78, 5) is 39.2. The number of methoxy groups -OCH3 is 1. The molecule has 0 spiro atoms. The SMILES string of the molecule is COCCOC(=O)OCOc1c2n(ccc1=O)N(Cc1ccccc1)C1CCCN1C2=O. The third kappa shape index (κ3) is 4.40.